The number of halogens is 1. The zero-order valence-corrected chi connectivity index (χ0v) is 12.7. The van der Waals surface area contributed by atoms with E-state index in [0.717, 1.165) is 27.4 Å². The van der Waals surface area contributed by atoms with Crippen LogP contribution in [0.5, 0.6) is 0 Å². The zero-order valence-electron chi connectivity index (χ0n) is 10.3. The normalized spacial score (nSPS) is 12.6. The van der Waals surface area contributed by atoms with Gasteiger partial charge in [0.05, 0.1) is 16.6 Å². The van der Waals surface area contributed by atoms with Crippen LogP contribution in [0.3, 0.4) is 0 Å². The summed E-state index contributed by atoms with van der Waals surface area (Å²) in [4.78, 5) is 0.797. The molecule has 0 saturated heterocycles. The van der Waals surface area contributed by atoms with Crippen LogP contribution in [0.15, 0.2) is 33.6 Å². The Morgan fingerprint density at radius 2 is 2.06 bits per heavy atom. The molecule has 0 saturated carbocycles. The smallest absolute Gasteiger partial charge is 0.145 e. The quantitative estimate of drug-likeness (QED) is 0.866. The molecule has 0 radical (unpaired) electrons. The van der Waals surface area contributed by atoms with Crippen LogP contribution in [0, 0.1) is 0 Å². The lowest BCUT2D eigenvalue weighted by atomic mass is 10.4. The van der Waals surface area contributed by atoms with Gasteiger partial charge in [-0.25, -0.2) is 0 Å². The van der Waals surface area contributed by atoms with Crippen molar-refractivity contribution in [1.29, 1.82) is 0 Å². The largest absolute Gasteiger partial charge is 0.317 e. The highest BCUT2D eigenvalue weighted by molar-refractivity contribution is 9.10. The molecule has 6 heteroatoms. The van der Waals surface area contributed by atoms with Crippen LogP contribution in [-0.2, 0) is 30.0 Å². The molecule has 4 nitrogen and oxygen atoms in total. The van der Waals surface area contributed by atoms with Gasteiger partial charge in [-0.15, -0.1) is 10.2 Å². The molecule has 2 rings (SSSR count). The number of aryl methyl sites for hydroxylation is 1. The van der Waals surface area contributed by atoms with Crippen molar-refractivity contribution in [3.63, 3.8) is 0 Å². The van der Waals surface area contributed by atoms with Crippen molar-refractivity contribution < 1.29 is 4.21 Å². The molecule has 2 aromatic rings. The van der Waals surface area contributed by atoms with Crippen molar-refractivity contribution in [2.45, 2.75) is 24.0 Å². The van der Waals surface area contributed by atoms with E-state index in [1.54, 1.807) is 0 Å². The first-order valence-corrected chi connectivity index (χ1v) is 7.74. The van der Waals surface area contributed by atoms with Gasteiger partial charge in [0.15, 0.2) is 0 Å². The van der Waals surface area contributed by atoms with Gasteiger partial charge in [-0.3, -0.25) is 4.21 Å². The van der Waals surface area contributed by atoms with E-state index in [-0.39, 0.29) is 0 Å². The zero-order chi connectivity index (χ0) is 13.1. The fourth-order valence-corrected chi connectivity index (χ4v) is 3.33. The van der Waals surface area contributed by atoms with Crippen molar-refractivity contribution in [1.82, 2.24) is 14.8 Å². The second-order valence-corrected chi connectivity index (χ2v) is 6.26. The molecule has 1 heterocycles. The predicted octanol–water partition coefficient (Wildman–Crippen LogP) is 2.45. The van der Waals surface area contributed by atoms with Gasteiger partial charge in [0.1, 0.15) is 11.6 Å². The van der Waals surface area contributed by atoms with E-state index in [2.05, 4.69) is 26.1 Å². The third-order valence-electron chi connectivity index (χ3n) is 2.69. The second-order valence-electron chi connectivity index (χ2n) is 3.89. The Labute approximate surface area is 117 Å². The Bertz CT molecular complexity index is 582. The highest BCUT2D eigenvalue weighted by Crippen LogP contribution is 2.17. The van der Waals surface area contributed by atoms with Crippen molar-refractivity contribution in [2.75, 3.05) is 0 Å². The maximum Gasteiger partial charge on any atom is 0.145 e. The topological polar surface area (TPSA) is 47.8 Å². The minimum Gasteiger partial charge on any atom is -0.317 e. The van der Waals surface area contributed by atoms with E-state index in [1.165, 1.54) is 0 Å². The first kappa shape index (κ1) is 13.4. The Kier molecular flexibility index (Phi) is 4.29. The summed E-state index contributed by atoms with van der Waals surface area (Å²) >= 11 is 3.38. The van der Waals surface area contributed by atoms with E-state index in [9.17, 15) is 4.21 Å². The molecule has 0 aliphatic heterocycles. The number of aromatic nitrogens is 3. The maximum absolute atomic E-state index is 12.2. The monoisotopic (exact) mass is 327 g/mol. The minimum absolute atomic E-state index is 0.389. The van der Waals surface area contributed by atoms with E-state index in [0.29, 0.717) is 5.75 Å². The third-order valence-corrected chi connectivity index (χ3v) is 4.48. The van der Waals surface area contributed by atoms with Crippen LogP contribution in [0.1, 0.15) is 18.6 Å². The first-order valence-electron chi connectivity index (χ1n) is 5.63. The lowest BCUT2D eigenvalue weighted by Gasteiger charge is -2.03. The number of benzene rings is 1. The number of hydrogen-bond donors (Lipinski definition) is 0. The molecular formula is C12H14BrN3OS. The van der Waals surface area contributed by atoms with Crippen LogP contribution < -0.4 is 0 Å². The van der Waals surface area contributed by atoms with Crippen LogP contribution in [0.4, 0.5) is 0 Å². The van der Waals surface area contributed by atoms with Gasteiger partial charge in [-0.2, -0.15) is 0 Å². The van der Waals surface area contributed by atoms with Crippen LogP contribution in [-0.4, -0.2) is 19.0 Å². The lowest BCUT2D eigenvalue weighted by Crippen LogP contribution is -2.05. The molecule has 0 fully saturated rings. The van der Waals surface area contributed by atoms with Crippen molar-refractivity contribution >= 4 is 26.7 Å². The fraction of sp³-hybridized carbons (Fsp3) is 0.333. The van der Waals surface area contributed by atoms with Gasteiger partial charge in [-0.1, -0.05) is 28.9 Å². The van der Waals surface area contributed by atoms with E-state index >= 15 is 0 Å². The predicted molar refractivity (Wildman–Crippen MR) is 74.6 cm³/mol. The van der Waals surface area contributed by atoms with Gasteiger partial charge in [0.25, 0.3) is 0 Å². The summed E-state index contributed by atoms with van der Waals surface area (Å²) in [5.41, 5.74) is 0. The third kappa shape index (κ3) is 2.87. The van der Waals surface area contributed by atoms with Crippen LogP contribution >= 0.6 is 15.9 Å². The highest BCUT2D eigenvalue weighted by Gasteiger charge is 2.12. The molecule has 0 unspecified atom stereocenters. The second kappa shape index (κ2) is 5.75. The summed E-state index contributed by atoms with van der Waals surface area (Å²) in [7, 11) is 0.812. The first-order chi connectivity index (χ1) is 8.61. The van der Waals surface area contributed by atoms with Crippen molar-refractivity contribution in [3.8, 4) is 0 Å². The van der Waals surface area contributed by atoms with Gasteiger partial charge in [0, 0.05) is 22.8 Å². The lowest BCUT2D eigenvalue weighted by molar-refractivity contribution is 0.678. The molecule has 1 atom stereocenters. The summed E-state index contributed by atoms with van der Waals surface area (Å²) in [5.74, 6) is 2.06. The molecule has 0 aliphatic rings. The van der Waals surface area contributed by atoms with Crippen LogP contribution in [0.2, 0.25) is 0 Å². The average molecular weight is 328 g/mol. The Morgan fingerprint density at radius 3 is 2.67 bits per heavy atom. The highest BCUT2D eigenvalue weighted by atomic mass is 79.9. The fourth-order valence-electron chi connectivity index (χ4n) is 1.64. The Morgan fingerprint density at radius 1 is 1.33 bits per heavy atom. The summed E-state index contributed by atoms with van der Waals surface area (Å²) in [5, 5.41) is 8.15. The summed E-state index contributed by atoms with van der Waals surface area (Å²) in [6.07, 6.45) is 0.826. The molecule has 0 N–H and O–H groups in total. The number of rotatable bonds is 4. The van der Waals surface area contributed by atoms with Gasteiger partial charge < -0.3 is 4.57 Å². The van der Waals surface area contributed by atoms with Crippen molar-refractivity contribution in [2.24, 2.45) is 7.05 Å². The van der Waals surface area contributed by atoms with E-state index < -0.39 is 10.8 Å². The standard InChI is InChI=1S/C12H14BrN3OS/c1-3-11-14-15-12(16(11)2)8-18(17)10-6-4-5-9(13)7-10/h4-7H,3,8H2,1-2H3/t18-/m1/s1. The van der Waals surface area contributed by atoms with E-state index in [4.69, 9.17) is 0 Å². The summed E-state index contributed by atoms with van der Waals surface area (Å²) < 4.78 is 15.1. The molecule has 96 valence electrons. The SMILES string of the molecule is CCc1nnc(C[S@@](=O)c2cccc(Br)c2)n1C. The molecule has 0 spiro atoms. The maximum atomic E-state index is 12.2. The van der Waals surface area contributed by atoms with Gasteiger partial charge in [-0.05, 0) is 18.2 Å². The Balaban J connectivity index is 2.19. The molecular weight excluding hydrogens is 314 g/mol. The molecule has 0 bridgehead atoms. The number of nitrogens with zero attached hydrogens (tertiary/aromatic N) is 3. The molecule has 1 aromatic carbocycles. The molecule has 0 aliphatic carbocycles. The van der Waals surface area contributed by atoms with E-state index in [1.807, 2.05) is 42.8 Å². The van der Waals surface area contributed by atoms with Crippen molar-refractivity contribution in [3.05, 3.63) is 40.4 Å². The summed E-state index contributed by atoms with van der Waals surface area (Å²) in [6, 6.07) is 7.52. The Hall–Kier alpha value is -1.01. The average Bonchev–Trinajstić information content (AvgIpc) is 2.70. The van der Waals surface area contributed by atoms with Gasteiger partial charge >= 0.3 is 0 Å². The van der Waals surface area contributed by atoms with Gasteiger partial charge in [0.2, 0.25) is 0 Å². The molecule has 1 aromatic heterocycles. The van der Waals surface area contributed by atoms with Crippen LogP contribution in [0.25, 0.3) is 0 Å². The summed E-state index contributed by atoms with van der Waals surface area (Å²) in [6.45, 7) is 2.03. The molecule has 18 heavy (non-hydrogen) atoms. The number of hydrogen-bond acceptors (Lipinski definition) is 3. The molecule has 0 amide bonds. The minimum atomic E-state index is -1.10.